The molecule has 0 saturated carbocycles. The molecule has 1 heterocycles. The second-order valence-electron chi connectivity index (χ2n) is 2.48. The highest BCUT2D eigenvalue weighted by molar-refractivity contribution is 9.10. The predicted octanol–water partition coefficient (Wildman–Crippen LogP) is 1.82. The van der Waals surface area contributed by atoms with E-state index in [0.29, 0.717) is 5.76 Å². The van der Waals surface area contributed by atoms with Gasteiger partial charge in [-0.1, -0.05) is 0 Å². The SMILES string of the molecule is CC(=O)N/N=C\c1cc(Br)c(C)o1. The topological polar surface area (TPSA) is 54.6 Å². The van der Waals surface area contributed by atoms with Gasteiger partial charge in [0.05, 0.1) is 10.7 Å². The average Bonchev–Trinajstić information content (AvgIpc) is 2.30. The van der Waals surface area contributed by atoms with Gasteiger partial charge in [0.25, 0.3) is 0 Å². The Morgan fingerprint density at radius 2 is 2.46 bits per heavy atom. The van der Waals surface area contributed by atoms with Crippen LogP contribution in [0.4, 0.5) is 0 Å². The summed E-state index contributed by atoms with van der Waals surface area (Å²) in [4.78, 5) is 10.4. The fraction of sp³-hybridized carbons (Fsp3) is 0.250. The van der Waals surface area contributed by atoms with Crippen molar-refractivity contribution >= 4 is 28.1 Å². The molecule has 70 valence electrons. The van der Waals surface area contributed by atoms with Crippen LogP contribution in [0.2, 0.25) is 0 Å². The second kappa shape index (κ2) is 4.23. The van der Waals surface area contributed by atoms with E-state index in [9.17, 15) is 4.79 Å². The van der Waals surface area contributed by atoms with Crippen molar-refractivity contribution in [2.45, 2.75) is 13.8 Å². The normalized spacial score (nSPS) is 10.7. The van der Waals surface area contributed by atoms with Gasteiger partial charge in [0.1, 0.15) is 11.5 Å². The molecule has 0 saturated heterocycles. The van der Waals surface area contributed by atoms with Crippen LogP contribution in [0.5, 0.6) is 0 Å². The molecule has 1 rings (SSSR count). The molecule has 1 amide bonds. The number of carbonyl (C=O) groups is 1. The number of nitrogens with zero attached hydrogens (tertiary/aromatic N) is 1. The van der Waals surface area contributed by atoms with Gasteiger partial charge >= 0.3 is 0 Å². The summed E-state index contributed by atoms with van der Waals surface area (Å²) < 4.78 is 6.13. The number of hydrogen-bond donors (Lipinski definition) is 1. The summed E-state index contributed by atoms with van der Waals surface area (Å²) in [6.45, 7) is 3.22. The van der Waals surface area contributed by atoms with Crippen molar-refractivity contribution < 1.29 is 9.21 Å². The van der Waals surface area contributed by atoms with E-state index in [-0.39, 0.29) is 5.91 Å². The van der Waals surface area contributed by atoms with Gasteiger partial charge in [-0.3, -0.25) is 4.79 Å². The lowest BCUT2D eigenvalue weighted by molar-refractivity contribution is -0.118. The molecule has 0 aromatic carbocycles. The first kappa shape index (κ1) is 9.98. The molecule has 1 N–H and O–H groups in total. The number of nitrogens with one attached hydrogen (secondary N) is 1. The molecule has 0 aliphatic heterocycles. The lowest BCUT2D eigenvalue weighted by atomic mass is 10.4. The Bertz CT molecular complexity index is 324. The number of furan rings is 1. The number of hydrazone groups is 1. The first-order valence-corrected chi connectivity index (χ1v) is 4.44. The first-order chi connectivity index (χ1) is 6.09. The molecule has 0 unspecified atom stereocenters. The Balaban J connectivity index is 2.64. The maximum atomic E-state index is 10.4. The van der Waals surface area contributed by atoms with Crippen molar-refractivity contribution in [2.75, 3.05) is 0 Å². The molecule has 0 spiro atoms. The molecular weight excluding hydrogens is 236 g/mol. The second-order valence-corrected chi connectivity index (χ2v) is 3.33. The van der Waals surface area contributed by atoms with Gasteiger partial charge in [-0.2, -0.15) is 5.10 Å². The van der Waals surface area contributed by atoms with E-state index in [4.69, 9.17) is 4.42 Å². The van der Waals surface area contributed by atoms with Crippen LogP contribution in [0.1, 0.15) is 18.4 Å². The van der Waals surface area contributed by atoms with Gasteiger partial charge in [0.15, 0.2) is 0 Å². The average molecular weight is 245 g/mol. The molecule has 1 aromatic rings. The van der Waals surface area contributed by atoms with Crippen LogP contribution in [-0.2, 0) is 4.79 Å². The van der Waals surface area contributed by atoms with E-state index in [1.54, 1.807) is 6.07 Å². The Morgan fingerprint density at radius 1 is 1.77 bits per heavy atom. The fourth-order valence-electron chi connectivity index (χ4n) is 0.732. The summed E-state index contributed by atoms with van der Waals surface area (Å²) in [6.07, 6.45) is 1.44. The largest absolute Gasteiger partial charge is 0.459 e. The molecule has 0 aliphatic carbocycles. The summed E-state index contributed by atoms with van der Waals surface area (Å²) in [5.74, 6) is 1.17. The van der Waals surface area contributed by atoms with E-state index in [0.717, 1.165) is 10.2 Å². The minimum Gasteiger partial charge on any atom is -0.459 e. The zero-order valence-corrected chi connectivity index (χ0v) is 8.88. The lowest BCUT2D eigenvalue weighted by Crippen LogP contribution is -2.12. The van der Waals surface area contributed by atoms with Gasteiger partial charge in [-0.25, -0.2) is 5.43 Å². The van der Waals surface area contributed by atoms with Gasteiger partial charge in [0.2, 0.25) is 5.91 Å². The molecule has 4 nitrogen and oxygen atoms in total. The van der Waals surface area contributed by atoms with Crippen LogP contribution in [0.3, 0.4) is 0 Å². The smallest absolute Gasteiger partial charge is 0.236 e. The standard InChI is InChI=1S/C8H9BrN2O2/c1-5-8(9)3-7(13-5)4-10-11-6(2)12/h3-4H,1-2H3,(H,11,12)/b10-4-. The summed E-state index contributed by atoms with van der Waals surface area (Å²) in [7, 11) is 0. The fourth-order valence-corrected chi connectivity index (χ4v) is 1.04. The molecule has 1 aromatic heterocycles. The van der Waals surface area contributed by atoms with Crippen LogP contribution >= 0.6 is 15.9 Å². The van der Waals surface area contributed by atoms with E-state index in [2.05, 4.69) is 26.5 Å². The van der Waals surface area contributed by atoms with E-state index < -0.39 is 0 Å². The third-order valence-electron chi connectivity index (χ3n) is 1.29. The van der Waals surface area contributed by atoms with E-state index >= 15 is 0 Å². The third kappa shape index (κ3) is 3.02. The van der Waals surface area contributed by atoms with Crippen LogP contribution in [-0.4, -0.2) is 12.1 Å². The Morgan fingerprint density at radius 3 is 2.92 bits per heavy atom. The molecule has 5 heteroatoms. The molecule has 0 bridgehead atoms. The Kier molecular flexibility index (Phi) is 3.25. The quantitative estimate of drug-likeness (QED) is 0.638. The molecular formula is C8H9BrN2O2. The predicted molar refractivity (Wildman–Crippen MR) is 52.6 cm³/mol. The first-order valence-electron chi connectivity index (χ1n) is 3.65. The van der Waals surface area contributed by atoms with Crippen molar-refractivity contribution in [2.24, 2.45) is 5.10 Å². The molecule has 0 aliphatic rings. The van der Waals surface area contributed by atoms with Gasteiger partial charge < -0.3 is 4.42 Å². The van der Waals surface area contributed by atoms with E-state index in [1.807, 2.05) is 6.92 Å². The Labute approximate surface area is 84.1 Å². The Hall–Kier alpha value is -1.10. The van der Waals surface area contributed by atoms with Crippen molar-refractivity contribution in [3.63, 3.8) is 0 Å². The van der Waals surface area contributed by atoms with Crippen LogP contribution in [0.15, 0.2) is 20.1 Å². The maximum Gasteiger partial charge on any atom is 0.236 e. The number of aryl methyl sites for hydroxylation is 1. The highest BCUT2D eigenvalue weighted by Gasteiger charge is 2.01. The number of halogens is 1. The third-order valence-corrected chi connectivity index (χ3v) is 2.08. The minimum absolute atomic E-state index is 0.210. The molecule has 0 radical (unpaired) electrons. The maximum absolute atomic E-state index is 10.4. The van der Waals surface area contributed by atoms with Crippen molar-refractivity contribution in [1.82, 2.24) is 5.43 Å². The number of amides is 1. The lowest BCUT2D eigenvalue weighted by Gasteiger charge is -1.88. The number of carbonyl (C=O) groups excluding carboxylic acids is 1. The van der Waals surface area contributed by atoms with Gasteiger partial charge in [-0.05, 0) is 22.9 Å². The summed E-state index contributed by atoms with van der Waals surface area (Å²) in [5, 5.41) is 3.66. The van der Waals surface area contributed by atoms with Crippen LogP contribution in [0, 0.1) is 6.92 Å². The molecule has 0 atom stereocenters. The zero-order valence-electron chi connectivity index (χ0n) is 7.30. The van der Waals surface area contributed by atoms with Crippen molar-refractivity contribution in [3.05, 3.63) is 22.1 Å². The zero-order chi connectivity index (χ0) is 9.84. The molecule has 13 heavy (non-hydrogen) atoms. The van der Waals surface area contributed by atoms with Crippen LogP contribution < -0.4 is 5.43 Å². The summed E-state index contributed by atoms with van der Waals surface area (Å²) in [6, 6.07) is 1.78. The monoisotopic (exact) mass is 244 g/mol. The van der Waals surface area contributed by atoms with Crippen molar-refractivity contribution in [1.29, 1.82) is 0 Å². The summed E-state index contributed by atoms with van der Waals surface area (Å²) >= 11 is 3.29. The number of hydrogen-bond acceptors (Lipinski definition) is 3. The minimum atomic E-state index is -0.210. The van der Waals surface area contributed by atoms with Crippen molar-refractivity contribution in [3.8, 4) is 0 Å². The highest BCUT2D eigenvalue weighted by Crippen LogP contribution is 2.18. The van der Waals surface area contributed by atoms with Gasteiger partial charge in [0, 0.05) is 13.0 Å². The van der Waals surface area contributed by atoms with Crippen LogP contribution in [0.25, 0.3) is 0 Å². The summed E-state index contributed by atoms with van der Waals surface area (Å²) in [5.41, 5.74) is 2.28. The number of rotatable bonds is 2. The molecule has 0 fully saturated rings. The van der Waals surface area contributed by atoms with Gasteiger partial charge in [-0.15, -0.1) is 0 Å². The highest BCUT2D eigenvalue weighted by atomic mass is 79.9. The van der Waals surface area contributed by atoms with E-state index in [1.165, 1.54) is 13.1 Å².